The minimum absolute atomic E-state index is 0.0358. The number of carbonyl (C=O) groups excluding carboxylic acids is 2. The molecule has 0 saturated carbocycles. The summed E-state index contributed by atoms with van der Waals surface area (Å²) in [6, 6.07) is 22.6. The van der Waals surface area contributed by atoms with E-state index in [0.717, 1.165) is 36.6 Å². The Morgan fingerprint density at radius 1 is 0.861 bits per heavy atom. The van der Waals surface area contributed by atoms with Crippen molar-refractivity contribution in [2.24, 2.45) is 0 Å². The van der Waals surface area contributed by atoms with Crippen LogP contribution in [0.5, 0.6) is 5.75 Å². The zero-order valence-corrected chi connectivity index (χ0v) is 21.3. The van der Waals surface area contributed by atoms with Crippen LogP contribution in [0.2, 0.25) is 0 Å². The quantitative estimate of drug-likeness (QED) is 0.489. The molecule has 7 nitrogen and oxygen atoms in total. The highest BCUT2D eigenvalue weighted by atomic mass is 32.1. The largest absolute Gasteiger partial charge is 0.497 e. The lowest BCUT2D eigenvalue weighted by Crippen LogP contribution is -2.48. The van der Waals surface area contributed by atoms with Crippen LogP contribution in [-0.4, -0.2) is 55.1 Å². The van der Waals surface area contributed by atoms with Crippen molar-refractivity contribution in [3.05, 3.63) is 89.5 Å². The van der Waals surface area contributed by atoms with Crippen LogP contribution in [0.3, 0.4) is 0 Å². The van der Waals surface area contributed by atoms with Crippen molar-refractivity contribution in [1.82, 2.24) is 10.2 Å². The van der Waals surface area contributed by atoms with Crippen LogP contribution in [0.4, 0.5) is 11.4 Å². The number of carbonyl (C=O) groups is 2. The maximum atomic E-state index is 12.8. The molecule has 2 amide bonds. The Kier molecular flexibility index (Phi) is 8.17. The van der Waals surface area contributed by atoms with Gasteiger partial charge in [-0.1, -0.05) is 19.1 Å². The topological polar surface area (TPSA) is 73.9 Å². The van der Waals surface area contributed by atoms with E-state index < -0.39 is 0 Å². The monoisotopic (exact) mass is 502 g/mol. The summed E-state index contributed by atoms with van der Waals surface area (Å²) < 4.78 is 5.17. The Hall–Kier alpha value is -3.91. The molecule has 1 saturated heterocycles. The number of aryl methyl sites for hydroxylation is 1. The Labute approximate surface area is 217 Å². The van der Waals surface area contributed by atoms with Crippen LogP contribution >= 0.6 is 12.2 Å². The minimum atomic E-state index is -0.242. The zero-order chi connectivity index (χ0) is 25.5. The highest BCUT2D eigenvalue weighted by molar-refractivity contribution is 7.80. The van der Waals surface area contributed by atoms with E-state index >= 15 is 0 Å². The molecule has 0 aromatic heterocycles. The lowest BCUT2D eigenvalue weighted by Gasteiger charge is -2.36. The van der Waals surface area contributed by atoms with Gasteiger partial charge in [0.1, 0.15) is 5.75 Å². The van der Waals surface area contributed by atoms with Crippen LogP contribution in [0.1, 0.15) is 33.2 Å². The van der Waals surface area contributed by atoms with Crippen molar-refractivity contribution in [3.63, 3.8) is 0 Å². The SMILES string of the molecule is CCc1ccc(C(=O)NC(=S)Nc2ccc(N3CCN(C(=O)c4ccc(OC)cc4)CC3)cc2)cc1. The third kappa shape index (κ3) is 6.20. The van der Waals surface area contributed by atoms with Gasteiger partial charge in [0.05, 0.1) is 7.11 Å². The molecule has 3 aromatic rings. The van der Waals surface area contributed by atoms with Gasteiger partial charge in [-0.05, 0) is 84.9 Å². The molecule has 0 bridgehead atoms. The molecule has 4 rings (SSSR count). The maximum Gasteiger partial charge on any atom is 0.257 e. The first-order chi connectivity index (χ1) is 17.5. The third-order valence-electron chi connectivity index (χ3n) is 6.25. The number of piperazine rings is 1. The molecule has 2 N–H and O–H groups in total. The predicted molar refractivity (Wildman–Crippen MR) is 147 cm³/mol. The fraction of sp³-hybridized carbons (Fsp3) is 0.250. The summed E-state index contributed by atoms with van der Waals surface area (Å²) in [6.45, 7) is 4.88. The highest BCUT2D eigenvalue weighted by Crippen LogP contribution is 2.21. The molecule has 36 heavy (non-hydrogen) atoms. The maximum absolute atomic E-state index is 12.8. The second-order valence-electron chi connectivity index (χ2n) is 8.51. The Balaban J connectivity index is 1.26. The summed E-state index contributed by atoms with van der Waals surface area (Å²) in [5.41, 5.74) is 4.27. The second kappa shape index (κ2) is 11.7. The Morgan fingerprint density at radius 3 is 2.06 bits per heavy atom. The summed E-state index contributed by atoms with van der Waals surface area (Å²) in [5, 5.41) is 6.03. The molecule has 8 heteroatoms. The van der Waals surface area contributed by atoms with Gasteiger partial charge in [-0.15, -0.1) is 0 Å². The highest BCUT2D eigenvalue weighted by Gasteiger charge is 2.22. The van der Waals surface area contributed by atoms with Gasteiger partial charge >= 0.3 is 0 Å². The van der Waals surface area contributed by atoms with Crippen LogP contribution in [0.15, 0.2) is 72.8 Å². The number of anilines is 2. The molecule has 0 aliphatic carbocycles. The van der Waals surface area contributed by atoms with Crippen LogP contribution in [0.25, 0.3) is 0 Å². The molecule has 0 radical (unpaired) electrons. The van der Waals surface area contributed by atoms with Crippen molar-refractivity contribution in [1.29, 1.82) is 0 Å². The van der Waals surface area contributed by atoms with Crippen LogP contribution in [0, 0.1) is 0 Å². The molecule has 1 aliphatic heterocycles. The van der Waals surface area contributed by atoms with Gasteiger partial charge in [0.2, 0.25) is 0 Å². The van der Waals surface area contributed by atoms with Gasteiger partial charge in [-0.25, -0.2) is 0 Å². The van der Waals surface area contributed by atoms with E-state index in [1.54, 1.807) is 43.5 Å². The number of hydrogen-bond donors (Lipinski definition) is 2. The van der Waals surface area contributed by atoms with Crippen molar-refractivity contribution < 1.29 is 14.3 Å². The van der Waals surface area contributed by atoms with Crippen molar-refractivity contribution in [2.45, 2.75) is 13.3 Å². The summed E-state index contributed by atoms with van der Waals surface area (Å²) in [5.74, 6) is 0.529. The van der Waals surface area contributed by atoms with Gasteiger partial charge in [0.25, 0.3) is 11.8 Å². The fourth-order valence-electron chi connectivity index (χ4n) is 4.07. The molecule has 0 atom stereocenters. The van der Waals surface area contributed by atoms with Gasteiger partial charge in [-0.2, -0.15) is 0 Å². The molecule has 1 fully saturated rings. The first kappa shape index (κ1) is 25.2. The first-order valence-electron chi connectivity index (χ1n) is 12.0. The lowest BCUT2D eigenvalue weighted by atomic mass is 10.1. The lowest BCUT2D eigenvalue weighted by molar-refractivity contribution is 0.0746. The van der Waals surface area contributed by atoms with Gasteiger partial charge in [0, 0.05) is 48.7 Å². The molecule has 186 valence electrons. The number of ether oxygens (including phenoxy) is 1. The number of rotatable bonds is 6. The molecular weight excluding hydrogens is 472 g/mol. The predicted octanol–water partition coefficient (Wildman–Crippen LogP) is 4.35. The number of nitrogens with one attached hydrogen (secondary N) is 2. The minimum Gasteiger partial charge on any atom is -0.497 e. The van der Waals surface area contributed by atoms with Crippen LogP contribution < -0.4 is 20.3 Å². The van der Waals surface area contributed by atoms with Gasteiger partial charge in [0.15, 0.2) is 5.11 Å². The number of hydrogen-bond acceptors (Lipinski definition) is 5. The smallest absolute Gasteiger partial charge is 0.257 e. The fourth-order valence-corrected chi connectivity index (χ4v) is 4.28. The zero-order valence-electron chi connectivity index (χ0n) is 20.5. The molecule has 0 spiro atoms. The van der Waals surface area contributed by atoms with E-state index in [0.29, 0.717) is 24.2 Å². The van der Waals surface area contributed by atoms with E-state index in [9.17, 15) is 9.59 Å². The normalized spacial score (nSPS) is 13.2. The second-order valence-corrected chi connectivity index (χ2v) is 8.92. The van der Waals surface area contributed by atoms with Crippen molar-refractivity contribution in [3.8, 4) is 5.75 Å². The number of benzene rings is 3. The summed E-state index contributed by atoms with van der Waals surface area (Å²) >= 11 is 5.31. The molecule has 3 aromatic carbocycles. The van der Waals surface area contributed by atoms with Crippen molar-refractivity contribution in [2.75, 3.05) is 43.5 Å². The number of thiocarbonyl (C=S) groups is 1. The van der Waals surface area contributed by atoms with Crippen LogP contribution in [-0.2, 0) is 6.42 Å². The number of methoxy groups -OCH3 is 1. The van der Waals surface area contributed by atoms with E-state index in [2.05, 4.69) is 22.5 Å². The third-order valence-corrected chi connectivity index (χ3v) is 6.45. The summed E-state index contributed by atoms with van der Waals surface area (Å²) in [6.07, 6.45) is 0.926. The summed E-state index contributed by atoms with van der Waals surface area (Å²) in [4.78, 5) is 29.4. The van der Waals surface area contributed by atoms with E-state index in [-0.39, 0.29) is 16.9 Å². The Bertz CT molecular complexity index is 1200. The van der Waals surface area contributed by atoms with E-state index in [1.807, 2.05) is 41.3 Å². The first-order valence-corrected chi connectivity index (χ1v) is 12.4. The Morgan fingerprint density at radius 2 is 1.47 bits per heavy atom. The van der Waals surface area contributed by atoms with Gasteiger partial charge in [-0.3, -0.25) is 14.9 Å². The number of nitrogens with zero attached hydrogens (tertiary/aromatic N) is 2. The average molecular weight is 503 g/mol. The molecular formula is C28H30N4O3S. The molecule has 1 aliphatic rings. The van der Waals surface area contributed by atoms with Gasteiger partial charge < -0.3 is 19.9 Å². The van der Waals surface area contributed by atoms with E-state index in [4.69, 9.17) is 17.0 Å². The summed E-state index contributed by atoms with van der Waals surface area (Å²) in [7, 11) is 1.61. The average Bonchev–Trinajstić information content (AvgIpc) is 2.93. The standard InChI is InChI=1S/C28H30N4O3S/c1-3-20-4-6-21(7-5-20)26(33)30-28(36)29-23-10-12-24(13-11-23)31-16-18-32(19-17-31)27(34)22-8-14-25(35-2)15-9-22/h4-15H,3,16-19H2,1-2H3,(H2,29,30,33,36). The van der Waals surface area contributed by atoms with E-state index in [1.165, 1.54) is 5.56 Å². The number of amides is 2. The molecule has 0 unspecified atom stereocenters. The molecule has 1 heterocycles. The van der Waals surface area contributed by atoms with Crippen molar-refractivity contribution >= 4 is 40.5 Å².